The van der Waals surface area contributed by atoms with Gasteiger partial charge in [-0.1, -0.05) is 31.2 Å². The highest BCUT2D eigenvalue weighted by atomic mass is 32.2. The monoisotopic (exact) mass is 310 g/mol. The first kappa shape index (κ1) is 16.5. The quantitative estimate of drug-likeness (QED) is 0.814. The fourth-order valence-corrected chi connectivity index (χ4v) is 3.96. The Balaban J connectivity index is 1.91. The molecule has 0 atom stereocenters. The van der Waals surface area contributed by atoms with Gasteiger partial charge in [0.15, 0.2) is 9.84 Å². The first-order valence-corrected chi connectivity index (χ1v) is 9.62. The summed E-state index contributed by atoms with van der Waals surface area (Å²) in [7, 11) is -2.82. The number of hydrogen-bond donors (Lipinski definition) is 1. The Morgan fingerprint density at radius 2 is 2.00 bits per heavy atom. The lowest BCUT2D eigenvalue weighted by atomic mass is 10.1. The van der Waals surface area contributed by atoms with E-state index in [1.807, 2.05) is 0 Å². The van der Waals surface area contributed by atoms with Crippen LogP contribution in [0.3, 0.4) is 0 Å². The van der Waals surface area contributed by atoms with Gasteiger partial charge in [-0.3, -0.25) is 4.90 Å². The summed E-state index contributed by atoms with van der Waals surface area (Å²) < 4.78 is 23.3. The maximum atomic E-state index is 11.6. The highest BCUT2D eigenvalue weighted by molar-refractivity contribution is 7.91. The highest BCUT2D eigenvalue weighted by Gasteiger charge is 2.18. The number of rotatable bonds is 6. The van der Waals surface area contributed by atoms with Crippen LogP contribution in [0.2, 0.25) is 0 Å². The minimum absolute atomic E-state index is 0.296. The second-order valence-corrected chi connectivity index (χ2v) is 8.08. The van der Waals surface area contributed by atoms with Crippen LogP contribution >= 0.6 is 0 Å². The van der Waals surface area contributed by atoms with E-state index in [4.69, 9.17) is 0 Å². The van der Waals surface area contributed by atoms with Crippen molar-refractivity contribution in [2.75, 3.05) is 31.1 Å². The molecule has 1 aromatic carbocycles. The van der Waals surface area contributed by atoms with Crippen molar-refractivity contribution in [1.82, 2.24) is 10.2 Å². The van der Waals surface area contributed by atoms with Gasteiger partial charge < -0.3 is 5.32 Å². The predicted octanol–water partition coefficient (Wildman–Crippen LogP) is 1.81. The topological polar surface area (TPSA) is 49.4 Å². The van der Waals surface area contributed by atoms with Gasteiger partial charge in [0.1, 0.15) is 0 Å². The minimum Gasteiger partial charge on any atom is -0.313 e. The Kier molecular flexibility index (Phi) is 6.21. The molecule has 5 heteroatoms. The van der Waals surface area contributed by atoms with E-state index in [9.17, 15) is 8.42 Å². The molecule has 1 heterocycles. The Morgan fingerprint density at radius 3 is 2.81 bits per heavy atom. The summed E-state index contributed by atoms with van der Waals surface area (Å²) in [4.78, 5) is 2.25. The second-order valence-electron chi connectivity index (χ2n) is 5.78. The molecule has 0 unspecified atom stereocenters. The minimum atomic E-state index is -2.82. The Bertz CT molecular complexity index is 543. The zero-order valence-corrected chi connectivity index (χ0v) is 13.7. The number of nitrogens with zero attached hydrogens (tertiary/aromatic N) is 1. The van der Waals surface area contributed by atoms with E-state index in [0.29, 0.717) is 18.1 Å². The molecule has 0 aliphatic carbocycles. The summed E-state index contributed by atoms with van der Waals surface area (Å²) in [5.74, 6) is 0.634. The van der Waals surface area contributed by atoms with Crippen molar-refractivity contribution in [1.29, 1.82) is 0 Å². The van der Waals surface area contributed by atoms with Crippen LogP contribution < -0.4 is 5.32 Å². The lowest BCUT2D eigenvalue weighted by molar-refractivity contribution is 0.287. The van der Waals surface area contributed by atoms with E-state index < -0.39 is 9.84 Å². The first-order valence-electron chi connectivity index (χ1n) is 7.80. The Labute approximate surface area is 128 Å². The van der Waals surface area contributed by atoms with Gasteiger partial charge in [0, 0.05) is 19.6 Å². The fraction of sp³-hybridized carbons (Fsp3) is 0.625. The van der Waals surface area contributed by atoms with E-state index >= 15 is 0 Å². The van der Waals surface area contributed by atoms with Crippen molar-refractivity contribution >= 4 is 9.84 Å². The third-order valence-corrected chi connectivity index (χ3v) is 5.52. The zero-order valence-electron chi connectivity index (χ0n) is 12.8. The van der Waals surface area contributed by atoms with Gasteiger partial charge in [-0.2, -0.15) is 0 Å². The molecule has 21 heavy (non-hydrogen) atoms. The number of benzene rings is 1. The average molecular weight is 310 g/mol. The van der Waals surface area contributed by atoms with Crippen molar-refractivity contribution < 1.29 is 8.42 Å². The maximum absolute atomic E-state index is 11.6. The molecule has 0 saturated carbocycles. The molecule has 2 rings (SSSR count). The predicted molar refractivity (Wildman–Crippen MR) is 87.0 cm³/mol. The van der Waals surface area contributed by atoms with Crippen LogP contribution in [0, 0.1) is 0 Å². The van der Waals surface area contributed by atoms with Crippen LogP contribution in [0.4, 0.5) is 0 Å². The summed E-state index contributed by atoms with van der Waals surface area (Å²) in [5.41, 5.74) is 2.56. The summed E-state index contributed by atoms with van der Waals surface area (Å²) in [5, 5.41) is 3.41. The lowest BCUT2D eigenvalue weighted by Gasteiger charge is -2.19. The van der Waals surface area contributed by atoms with Crippen molar-refractivity contribution in [2.45, 2.75) is 32.9 Å². The molecular weight excluding hydrogens is 284 g/mol. The number of nitrogens with one attached hydrogen (secondary N) is 1. The maximum Gasteiger partial charge on any atom is 0.151 e. The van der Waals surface area contributed by atoms with Crippen LogP contribution in [0.25, 0.3) is 0 Å². The molecule has 1 saturated heterocycles. The highest BCUT2D eigenvalue weighted by Crippen LogP contribution is 2.12. The third kappa shape index (κ3) is 5.77. The van der Waals surface area contributed by atoms with Crippen LogP contribution in [-0.4, -0.2) is 44.5 Å². The molecule has 0 radical (unpaired) electrons. The Hall–Kier alpha value is -0.910. The Morgan fingerprint density at radius 1 is 1.19 bits per heavy atom. The molecule has 1 aromatic rings. The molecular formula is C16H26N2O2S. The molecule has 0 spiro atoms. The largest absolute Gasteiger partial charge is 0.313 e. The van der Waals surface area contributed by atoms with Gasteiger partial charge in [0.05, 0.1) is 11.5 Å². The van der Waals surface area contributed by atoms with Crippen LogP contribution in [-0.2, 0) is 22.9 Å². The van der Waals surface area contributed by atoms with E-state index in [1.54, 1.807) is 0 Å². The van der Waals surface area contributed by atoms with Gasteiger partial charge in [0.25, 0.3) is 0 Å². The van der Waals surface area contributed by atoms with E-state index in [2.05, 4.69) is 41.4 Å². The van der Waals surface area contributed by atoms with Crippen molar-refractivity contribution in [3.8, 4) is 0 Å². The molecule has 0 bridgehead atoms. The zero-order chi connectivity index (χ0) is 15.1. The van der Waals surface area contributed by atoms with Crippen LogP contribution in [0.1, 0.15) is 30.9 Å². The van der Waals surface area contributed by atoms with E-state index in [-0.39, 0.29) is 0 Å². The summed E-state index contributed by atoms with van der Waals surface area (Å²) in [6.07, 6.45) is 1.89. The smallest absolute Gasteiger partial charge is 0.151 e. The molecule has 1 aliphatic heterocycles. The van der Waals surface area contributed by atoms with Gasteiger partial charge in [-0.25, -0.2) is 8.42 Å². The normalized spacial score (nSPS) is 19.3. The second kappa shape index (κ2) is 7.92. The molecule has 1 aliphatic rings. The van der Waals surface area contributed by atoms with Gasteiger partial charge in [-0.15, -0.1) is 0 Å². The van der Waals surface area contributed by atoms with Crippen molar-refractivity contribution in [3.63, 3.8) is 0 Å². The third-order valence-electron chi connectivity index (χ3n) is 3.80. The summed E-state index contributed by atoms with van der Waals surface area (Å²) in [6, 6.07) is 8.58. The van der Waals surface area contributed by atoms with Crippen molar-refractivity contribution in [3.05, 3.63) is 35.4 Å². The van der Waals surface area contributed by atoms with Gasteiger partial charge >= 0.3 is 0 Å². The van der Waals surface area contributed by atoms with Crippen LogP contribution in [0.5, 0.6) is 0 Å². The molecule has 0 amide bonds. The average Bonchev–Trinajstić information content (AvgIpc) is 2.61. The summed E-state index contributed by atoms with van der Waals surface area (Å²) in [6.45, 7) is 6.47. The summed E-state index contributed by atoms with van der Waals surface area (Å²) >= 11 is 0. The van der Waals surface area contributed by atoms with Crippen molar-refractivity contribution in [2.24, 2.45) is 0 Å². The molecule has 1 N–H and O–H groups in total. The lowest BCUT2D eigenvalue weighted by Crippen LogP contribution is -2.26. The van der Waals surface area contributed by atoms with Crippen LogP contribution in [0.15, 0.2) is 24.3 Å². The number of sulfone groups is 1. The molecule has 1 fully saturated rings. The van der Waals surface area contributed by atoms with E-state index in [1.165, 1.54) is 11.1 Å². The first-order chi connectivity index (χ1) is 10.1. The fourth-order valence-electron chi connectivity index (χ4n) is 2.65. The van der Waals surface area contributed by atoms with Gasteiger partial charge in [0.2, 0.25) is 0 Å². The van der Waals surface area contributed by atoms with Gasteiger partial charge in [-0.05, 0) is 37.1 Å². The molecule has 4 nitrogen and oxygen atoms in total. The SMILES string of the molecule is CCCNCc1cccc(CN2CCCS(=O)(=O)CC2)c1. The van der Waals surface area contributed by atoms with E-state index in [0.717, 1.165) is 39.0 Å². The standard InChI is InChI=1S/C16H26N2O2S/c1-2-7-17-13-15-5-3-6-16(12-15)14-18-8-4-10-21(19,20)11-9-18/h3,5-6,12,17H,2,4,7-11,13-14H2,1H3. The molecule has 0 aromatic heterocycles. The molecule has 118 valence electrons. The number of hydrogen-bond acceptors (Lipinski definition) is 4.